The molecule has 9 aliphatic rings. The second-order valence-electron chi connectivity index (χ2n) is 10.5. The third-order valence-corrected chi connectivity index (χ3v) is 11.1. The summed E-state index contributed by atoms with van der Waals surface area (Å²) in [5, 5.41) is 0. The Balaban J connectivity index is 1.48. The largest absolute Gasteiger partial charge is 0.469 e. The van der Waals surface area contributed by atoms with Crippen molar-refractivity contribution >= 4 is 11.9 Å². The predicted octanol–water partition coefficient (Wildman–Crippen LogP) is 2.27. The molecular formula is C21H24O4. The van der Waals surface area contributed by atoms with Crippen LogP contribution < -0.4 is 0 Å². The number of fused-ring (bicyclic) bond motifs is 1. The Kier molecular flexibility index (Phi) is 1.79. The quantitative estimate of drug-likeness (QED) is 0.687. The maximum Gasteiger partial charge on any atom is 0.314 e. The molecule has 4 heteroatoms. The van der Waals surface area contributed by atoms with Gasteiger partial charge in [0.15, 0.2) is 0 Å². The van der Waals surface area contributed by atoms with E-state index in [0.29, 0.717) is 59.2 Å². The molecule has 13 atom stereocenters. The van der Waals surface area contributed by atoms with E-state index in [4.69, 9.17) is 9.47 Å². The van der Waals surface area contributed by atoms with Crippen molar-refractivity contribution in [3.05, 3.63) is 0 Å². The SMILES string of the molecule is COC(=O)[C@]12[C@H]3[C@@H]4CC[C@H]5OC(=O)[C@]16[C@H]([C@@H]3[C@H]1[C@H]6[C@H]3CCC[C@H]3[C@@H]12)[C@H]45. The molecule has 9 rings (SSSR count). The van der Waals surface area contributed by atoms with E-state index in [9.17, 15) is 9.59 Å². The second-order valence-corrected chi connectivity index (χ2v) is 10.5. The van der Waals surface area contributed by atoms with Crippen LogP contribution in [-0.4, -0.2) is 25.2 Å². The van der Waals surface area contributed by atoms with E-state index >= 15 is 0 Å². The minimum atomic E-state index is -0.508. The van der Waals surface area contributed by atoms with Crippen LogP contribution >= 0.6 is 0 Å². The van der Waals surface area contributed by atoms with Crippen molar-refractivity contribution < 1.29 is 19.1 Å². The Morgan fingerprint density at radius 3 is 2.48 bits per heavy atom. The number of hydrogen-bond acceptors (Lipinski definition) is 4. The molecule has 8 bridgehead atoms. The number of rotatable bonds is 1. The van der Waals surface area contributed by atoms with Gasteiger partial charge in [0, 0.05) is 5.92 Å². The van der Waals surface area contributed by atoms with Gasteiger partial charge < -0.3 is 9.47 Å². The topological polar surface area (TPSA) is 52.6 Å². The molecule has 0 amide bonds. The molecule has 0 unspecified atom stereocenters. The normalized spacial score (nSPS) is 71.1. The Bertz CT molecular complexity index is 758. The summed E-state index contributed by atoms with van der Waals surface area (Å²) in [5.74, 6) is 5.53. The van der Waals surface area contributed by atoms with Crippen LogP contribution in [0.1, 0.15) is 32.1 Å². The highest BCUT2D eigenvalue weighted by Gasteiger charge is 3.02. The number of carbonyl (C=O) groups excluding carboxylic acids is 2. The number of ether oxygens (including phenoxy) is 2. The number of methoxy groups -OCH3 is 1. The van der Waals surface area contributed by atoms with E-state index in [1.54, 1.807) is 7.11 Å². The van der Waals surface area contributed by atoms with Crippen molar-refractivity contribution in [2.45, 2.75) is 38.2 Å². The molecule has 8 aliphatic carbocycles. The first-order valence-corrected chi connectivity index (χ1v) is 10.5. The minimum Gasteiger partial charge on any atom is -0.469 e. The van der Waals surface area contributed by atoms with Gasteiger partial charge in [0.1, 0.15) is 6.10 Å². The summed E-state index contributed by atoms with van der Waals surface area (Å²) in [7, 11) is 1.55. The van der Waals surface area contributed by atoms with Gasteiger partial charge in [-0.1, -0.05) is 6.42 Å². The summed E-state index contributed by atoms with van der Waals surface area (Å²) >= 11 is 0. The Labute approximate surface area is 147 Å². The van der Waals surface area contributed by atoms with Crippen molar-refractivity contribution in [3.63, 3.8) is 0 Å². The van der Waals surface area contributed by atoms with Crippen molar-refractivity contribution in [3.8, 4) is 0 Å². The molecular weight excluding hydrogens is 316 g/mol. The number of esters is 2. The molecule has 0 aromatic rings. The molecule has 1 aliphatic heterocycles. The first kappa shape index (κ1) is 13.2. The number of carbonyl (C=O) groups is 2. The van der Waals surface area contributed by atoms with Crippen LogP contribution in [0.5, 0.6) is 0 Å². The lowest BCUT2D eigenvalue weighted by Gasteiger charge is -2.60. The smallest absolute Gasteiger partial charge is 0.314 e. The van der Waals surface area contributed by atoms with E-state index < -0.39 is 10.8 Å². The fraction of sp³-hybridized carbons (Fsp3) is 0.905. The number of hydrogen-bond donors (Lipinski definition) is 0. The zero-order valence-corrected chi connectivity index (χ0v) is 14.5. The van der Waals surface area contributed by atoms with Crippen LogP contribution in [0.3, 0.4) is 0 Å². The summed E-state index contributed by atoms with van der Waals surface area (Å²) in [4.78, 5) is 27.1. The molecule has 0 radical (unpaired) electrons. The molecule has 8 saturated carbocycles. The third-order valence-electron chi connectivity index (χ3n) is 11.1. The van der Waals surface area contributed by atoms with E-state index in [1.165, 1.54) is 19.3 Å². The van der Waals surface area contributed by atoms with Crippen LogP contribution in [0, 0.1) is 70.0 Å². The first-order valence-electron chi connectivity index (χ1n) is 10.5. The summed E-state index contributed by atoms with van der Waals surface area (Å²) < 4.78 is 11.6. The maximum absolute atomic E-state index is 13.6. The summed E-state index contributed by atoms with van der Waals surface area (Å²) in [6.07, 6.45) is 6.18. The van der Waals surface area contributed by atoms with Gasteiger partial charge >= 0.3 is 11.9 Å². The van der Waals surface area contributed by atoms with Crippen molar-refractivity contribution in [2.24, 2.45) is 70.0 Å². The van der Waals surface area contributed by atoms with Gasteiger partial charge in [-0.2, -0.15) is 0 Å². The monoisotopic (exact) mass is 340 g/mol. The molecule has 1 saturated heterocycles. The summed E-state index contributed by atoms with van der Waals surface area (Å²) in [6, 6.07) is 0. The first-order chi connectivity index (χ1) is 12.2. The average Bonchev–Trinajstić information content (AvgIpc) is 3.36. The van der Waals surface area contributed by atoms with Crippen molar-refractivity contribution in [2.75, 3.05) is 7.11 Å². The van der Waals surface area contributed by atoms with E-state index in [2.05, 4.69) is 0 Å². The minimum absolute atomic E-state index is 0.0253. The van der Waals surface area contributed by atoms with Crippen LogP contribution in [0.15, 0.2) is 0 Å². The zero-order valence-electron chi connectivity index (χ0n) is 14.5. The highest BCUT2D eigenvalue weighted by atomic mass is 16.6. The van der Waals surface area contributed by atoms with Crippen molar-refractivity contribution in [1.82, 2.24) is 0 Å². The predicted molar refractivity (Wildman–Crippen MR) is 84.7 cm³/mol. The lowest BCUT2D eigenvalue weighted by atomic mass is 9.43. The molecule has 132 valence electrons. The van der Waals surface area contributed by atoms with E-state index in [-0.39, 0.29) is 18.0 Å². The van der Waals surface area contributed by atoms with Gasteiger partial charge in [-0.25, -0.2) is 0 Å². The summed E-state index contributed by atoms with van der Waals surface area (Å²) in [6.45, 7) is 0. The fourth-order valence-electron chi connectivity index (χ4n) is 11.9. The lowest BCUT2D eigenvalue weighted by molar-refractivity contribution is -0.232. The van der Waals surface area contributed by atoms with Crippen LogP contribution in [0.4, 0.5) is 0 Å². The average molecular weight is 340 g/mol. The molecule has 1 heterocycles. The Morgan fingerprint density at radius 2 is 1.68 bits per heavy atom. The molecule has 4 nitrogen and oxygen atoms in total. The molecule has 0 N–H and O–H groups in total. The van der Waals surface area contributed by atoms with Crippen LogP contribution in [-0.2, 0) is 19.1 Å². The van der Waals surface area contributed by atoms with E-state index in [1.807, 2.05) is 0 Å². The van der Waals surface area contributed by atoms with Gasteiger partial charge in [-0.3, -0.25) is 9.59 Å². The zero-order chi connectivity index (χ0) is 16.5. The lowest BCUT2D eigenvalue weighted by Crippen LogP contribution is -2.68. The highest BCUT2D eigenvalue weighted by Crippen LogP contribution is 2.98. The summed E-state index contributed by atoms with van der Waals surface area (Å²) in [5.41, 5.74) is -0.996. The second kappa shape index (κ2) is 3.41. The van der Waals surface area contributed by atoms with Gasteiger partial charge in [-0.05, 0) is 78.9 Å². The van der Waals surface area contributed by atoms with Crippen LogP contribution in [0.25, 0.3) is 0 Å². The van der Waals surface area contributed by atoms with Gasteiger partial charge in [-0.15, -0.1) is 0 Å². The standard InChI is InChI=1S/C21H24O4/c1-24-18(22)20-14-7-3-2-4-8(7)15-12(14)13-16(20)9-5-6-10-11(9)17(13)21(15,20)19(23)25-10/h7-17H,2-6H2,1H3/t7-,8+,9-,10-,11-,12-,13-,14+,15-,16+,17+,20+,21+/m1/s1. The fourth-order valence-corrected chi connectivity index (χ4v) is 11.9. The highest BCUT2D eigenvalue weighted by molar-refractivity contribution is 5.95. The van der Waals surface area contributed by atoms with Gasteiger partial charge in [0.05, 0.1) is 17.9 Å². The van der Waals surface area contributed by atoms with Crippen molar-refractivity contribution in [1.29, 1.82) is 0 Å². The molecule has 0 aromatic heterocycles. The van der Waals surface area contributed by atoms with Gasteiger partial charge in [0.2, 0.25) is 0 Å². The molecule has 0 aromatic carbocycles. The Morgan fingerprint density at radius 1 is 0.960 bits per heavy atom. The maximum atomic E-state index is 13.6. The third kappa shape index (κ3) is 0.848. The molecule has 25 heavy (non-hydrogen) atoms. The van der Waals surface area contributed by atoms with E-state index in [0.717, 1.165) is 12.8 Å². The Hall–Kier alpha value is -1.06. The molecule has 1 spiro atoms. The van der Waals surface area contributed by atoms with Gasteiger partial charge in [0.25, 0.3) is 0 Å². The molecule has 9 fully saturated rings. The van der Waals surface area contributed by atoms with Crippen LogP contribution in [0.2, 0.25) is 0 Å².